The van der Waals surface area contributed by atoms with Gasteiger partial charge in [-0.15, -0.1) is 0 Å². The highest BCUT2D eigenvalue weighted by atomic mass is 19.1. The maximum absolute atomic E-state index is 14.2. The van der Waals surface area contributed by atoms with Crippen molar-refractivity contribution in [3.05, 3.63) is 35.4 Å². The van der Waals surface area contributed by atoms with E-state index in [9.17, 15) is 8.78 Å². The zero-order valence-electron chi connectivity index (χ0n) is 12.1. The number of nitrogens with one attached hydrogen (secondary N) is 1. The van der Waals surface area contributed by atoms with Crippen LogP contribution in [0, 0.1) is 17.0 Å². The van der Waals surface area contributed by atoms with Crippen LogP contribution in [0.4, 0.5) is 8.78 Å². The number of hydrogen-bond acceptors (Lipinski definition) is 1. The monoisotopic (exact) mass is 279 g/mol. The van der Waals surface area contributed by atoms with E-state index in [2.05, 4.69) is 12.2 Å². The van der Waals surface area contributed by atoms with E-state index in [1.807, 2.05) is 0 Å². The number of benzene rings is 1. The smallest absolute Gasteiger partial charge is 0.129 e. The minimum absolute atomic E-state index is 0.118. The van der Waals surface area contributed by atoms with Crippen LogP contribution >= 0.6 is 0 Å². The minimum Gasteiger partial charge on any atom is -0.316 e. The Kier molecular flexibility index (Phi) is 3.57. The van der Waals surface area contributed by atoms with E-state index >= 15 is 0 Å². The average Bonchev–Trinajstić information content (AvgIpc) is 2.31. The predicted octanol–water partition coefficient (Wildman–Crippen LogP) is 4.17. The molecule has 0 bridgehead atoms. The standard InChI is InChI=1S/C17H23F2N/c1-2-8-20-12-17(10-16(11-17)6-3-7-16)14-5-4-13(18)9-15(14)19/h4-5,9,20H,2-3,6-8,10-12H2,1H3. The van der Waals surface area contributed by atoms with Gasteiger partial charge in [0.05, 0.1) is 0 Å². The first-order valence-electron chi connectivity index (χ1n) is 7.76. The highest BCUT2D eigenvalue weighted by molar-refractivity contribution is 5.34. The molecule has 20 heavy (non-hydrogen) atoms. The van der Waals surface area contributed by atoms with Crippen LogP contribution in [0.5, 0.6) is 0 Å². The Bertz CT molecular complexity index is 486. The van der Waals surface area contributed by atoms with Crippen molar-refractivity contribution in [2.24, 2.45) is 5.41 Å². The topological polar surface area (TPSA) is 12.0 Å². The van der Waals surface area contributed by atoms with E-state index in [1.165, 1.54) is 25.3 Å². The highest BCUT2D eigenvalue weighted by Crippen LogP contribution is 2.65. The molecule has 1 N–H and O–H groups in total. The molecule has 110 valence electrons. The van der Waals surface area contributed by atoms with Crippen molar-refractivity contribution >= 4 is 0 Å². The summed E-state index contributed by atoms with van der Waals surface area (Å²) >= 11 is 0. The van der Waals surface area contributed by atoms with Gasteiger partial charge >= 0.3 is 0 Å². The van der Waals surface area contributed by atoms with Crippen LogP contribution in [0.1, 0.15) is 51.0 Å². The van der Waals surface area contributed by atoms with Crippen molar-refractivity contribution in [1.82, 2.24) is 5.32 Å². The molecule has 1 nitrogen and oxygen atoms in total. The molecule has 3 heteroatoms. The molecule has 2 fully saturated rings. The molecule has 1 aromatic carbocycles. The SMILES string of the molecule is CCCNCC1(c2ccc(F)cc2F)CC2(CCC2)C1. The zero-order valence-corrected chi connectivity index (χ0v) is 12.1. The van der Waals surface area contributed by atoms with Gasteiger partial charge in [-0.05, 0) is 55.7 Å². The van der Waals surface area contributed by atoms with E-state index in [-0.39, 0.29) is 11.2 Å². The van der Waals surface area contributed by atoms with E-state index in [0.29, 0.717) is 11.0 Å². The molecule has 0 saturated heterocycles. The van der Waals surface area contributed by atoms with Gasteiger partial charge in [-0.3, -0.25) is 0 Å². The maximum Gasteiger partial charge on any atom is 0.129 e. The van der Waals surface area contributed by atoms with Gasteiger partial charge in [0.15, 0.2) is 0 Å². The quantitative estimate of drug-likeness (QED) is 0.798. The summed E-state index contributed by atoms with van der Waals surface area (Å²) in [7, 11) is 0. The second kappa shape index (κ2) is 5.10. The molecule has 0 radical (unpaired) electrons. The predicted molar refractivity (Wildman–Crippen MR) is 76.7 cm³/mol. The van der Waals surface area contributed by atoms with Crippen LogP contribution < -0.4 is 5.32 Å². The van der Waals surface area contributed by atoms with Crippen LogP contribution in [-0.4, -0.2) is 13.1 Å². The first-order chi connectivity index (χ1) is 9.59. The van der Waals surface area contributed by atoms with Crippen molar-refractivity contribution < 1.29 is 8.78 Å². The fraction of sp³-hybridized carbons (Fsp3) is 0.647. The third-order valence-electron chi connectivity index (χ3n) is 5.23. The van der Waals surface area contributed by atoms with Gasteiger partial charge in [0.25, 0.3) is 0 Å². The van der Waals surface area contributed by atoms with Crippen molar-refractivity contribution in [1.29, 1.82) is 0 Å². The Morgan fingerprint density at radius 2 is 1.95 bits per heavy atom. The third kappa shape index (κ3) is 2.26. The van der Waals surface area contributed by atoms with Gasteiger partial charge in [-0.25, -0.2) is 8.78 Å². The van der Waals surface area contributed by atoms with Gasteiger partial charge in [0.1, 0.15) is 11.6 Å². The summed E-state index contributed by atoms with van der Waals surface area (Å²) in [4.78, 5) is 0. The normalized spacial score (nSPS) is 22.4. The van der Waals surface area contributed by atoms with Gasteiger partial charge in [-0.2, -0.15) is 0 Å². The highest BCUT2D eigenvalue weighted by Gasteiger charge is 2.57. The Labute approximate surface area is 119 Å². The number of halogens is 2. The summed E-state index contributed by atoms with van der Waals surface area (Å²) in [5.41, 5.74) is 1.06. The molecule has 0 amide bonds. The molecule has 0 unspecified atom stereocenters. The number of rotatable bonds is 5. The summed E-state index contributed by atoms with van der Waals surface area (Å²) in [6.07, 6.45) is 7.06. The van der Waals surface area contributed by atoms with Crippen LogP contribution in [0.2, 0.25) is 0 Å². The summed E-state index contributed by atoms with van der Waals surface area (Å²) in [6, 6.07) is 4.08. The first kappa shape index (κ1) is 14.0. The molecule has 2 aliphatic carbocycles. The lowest BCUT2D eigenvalue weighted by Gasteiger charge is -2.61. The molecule has 0 atom stereocenters. The van der Waals surface area contributed by atoms with E-state index < -0.39 is 5.82 Å². The number of hydrogen-bond donors (Lipinski definition) is 1. The Balaban J connectivity index is 1.82. The molecule has 1 aromatic rings. The fourth-order valence-corrected chi connectivity index (χ4v) is 4.25. The van der Waals surface area contributed by atoms with Crippen LogP contribution in [0.3, 0.4) is 0 Å². The summed E-state index contributed by atoms with van der Waals surface area (Å²) in [5.74, 6) is -0.863. The molecule has 0 aromatic heterocycles. The first-order valence-corrected chi connectivity index (χ1v) is 7.76. The second-order valence-corrected chi connectivity index (χ2v) is 6.79. The minimum atomic E-state index is -0.486. The summed E-state index contributed by atoms with van der Waals surface area (Å²) < 4.78 is 27.3. The Morgan fingerprint density at radius 3 is 2.50 bits per heavy atom. The van der Waals surface area contributed by atoms with Crippen LogP contribution in [-0.2, 0) is 5.41 Å². The molecular formula is C17H23F2N. The maximum atomic E-state index is 14.2. The summed E-state index contributed by atoms with van der Waals surface area (Å²) in [6.45, 7) is 3.90. The molecule has 1 spiro atoms. The molecule has 3 rings (SSSR count). The molecule has 2 aliphatic rings. The van der Waals surface area contributed by atoms with Crippen molar-refractivity contribution in [2.45, 2.75) is 50.9 Å². The average molecular weight is 279 g/mol. The summed E-state index contributed by atoms with van der Waals surface area (Å²) in [5, 5.41) is 3.44. The largest absolute Gasteiger partial charge is 0.316 e. The molecule has 2 saturated carbocycles. The molecule has 0 aliphatic heterocycles. The fourth-order valence-electron chi connectivity index (χ4n) is 4.25. The molecular weight excluding hydrogens is 256 g/mol. The van der Waals surface area contributed by atoms with E-state index in [0.717, 1.165) is 38.4 Å². The van der Waals surface area contributed by atoms with Gasteiger partial charge in [0.2, 0.25) is 0 Å². The van der Waals surface area contributed by atoms with Crippen molar-refractivity contribution in [3.8, 4) is 0 Å². The second-order valence-electron chi connectivity index (χ2n) is 6.79. The zero-order chi connectivity index (χ0) is 14.2. The van der Waals surface area contributed by atoms with Gasteiger partial charge in [-0.1, -0.05) is 19.4 Å². The van der Waals surface area contributed by atoms with E-state index in [4.69, 9.17) is 0 Å². The Hall–Kier alpha value is -0.960. The van der Waals surface area contributed by atoms with Gasteiger partial charge in [0, 0.05) is 18.0 Å². The lowest BCUT2D eigenvalue weighted by Crippen LogP contribution is -2.57. The van der Waals surface area contributed by atoms with Crippen molar-refractivity contribution in [2.75, 3.05) is 13.1 Å². The van der Waals surface area contributed by atoms with Crippen LogP contribution in [0.15, 0.2) is 18.2 Å². The Morgan fingerprint density at radius 1 is 1.20 bits per heavy atom. The van der Waals surface area contributed by atoms with E-state index in [1.54, 1.807) is 6.07 Å². The van der Waals surface area contributed by atoms with Crippen molar-refractivity contribution in [3.63, 3.8) is 0 Å². The third-order valence-corrected chi connectivity index (χ3v) is 5.23. The molecule has 0 heterocycles. The lowest BCUT2D eigenvalue weighted by atomic mass is 9.43. The van der Waals surface area contributed by atoms with Crippen LogP contribution in [0.25, 0.3) is 0 Å². The van der Waals surface area contributed by atoms with Gasteiger partial charge < -0.3 is 5.32 Å². The lowest BCUT2D eigenvalue weighted by molar-refractivity contribution is -0.0496.